The number of carboxylic acids is 2. The fourth-order valence-corrected chi connectivity index (χ4v) is 2.56. The molecule has 0 fully saturated rings. The van der Waals surface area contributed by atoms with Crippen molar-refractivity contribution in [1.29, 1.82) is 0 Å². The van der Waals surface area contributed by atoms with Crippen molar-refractivity contribution in [2.75, 3.05) is 53.2 Å². The second-order valence-electron chi connectivity index (χ2n) is 5.54. The van der Waals surface area contributed by atoms with Crippen molar-refractivity contribution in [3.05, 3.63) is 34.4 Å². The van der Waals surface area contributed by atoms with Crippen molar-refractivity contribution >= 4 is 11.9 Å². The van der Waals surface area contributed by atoms with E-state index in [2.05, 4.69) is 0 Å². The van der Waals surface area contributed by atoms with E-state index in [-0.39, 0.29) is 69.2 Å². The number of carboxylic acid groups (broad SMARTS) is 2. The average molecular weight is 402 g/mol. The van der Waals surface area contributed by atoms with Crippen LogP contribution in [0.25, 0.3) is 0 Å². The molecule has 0 amide bonds. The first-order valence-corrected chi connectivity index (χ1v) is 8.67. The summed E-state index contributed by atoms with van der Waals surface area (Å²) in [4.78, 5) is 23.3. The van der Waals surface area contributed by atoms with Gasteiger partial charge in [0.25, 0.3) is 0 Å². The maximum Gasteiger partial charge on any atom is 0.336 e. The molecular formula is C18H26O10. The highest BCUT2D eigenvalue weighted by molar-refractivity contribution is 5.97. The summed E-state index contributed by atoms with van der Waals surface area (Å²) in [5.74, 6) is -2.44. The lowest BCUT2D eigenvalue weighted by Crippen LogP contribution is -2.17. The molecule has 0 aliphatic carbocycles. The van der Waals surface area contributed by atoms with Crippen molar-refractivity contribution < 1.29 is 49.0 Å². The Morgan fingerprint density at radius 3 is 1.75 bits per heavy atom. The molecule has 0 heterocycles. The van der Waals surface area contributed by atoms with Gasteiger partial charge >= 0.3 is 11.9 Å². The van der Waals surface area contributed by atoms with Crippen LogP contribution in [0.5, 0.6) is 0 Å². The molecule has 1 aromatic carbocycles. The Kier molecular flexibility index (Phi) is 12.0. The minimum atomic E-state index is -1.22. The molecule has 0 aliphatic heterocycles. The van der Waals surface area contributed by atoms with E-state index in [1.54, 1.807) is 0 Å². The van der Waals surface area contributed by atoms with Gasteiger partial charge in [0.15, 0.2) is 0 Å². The van der Waals surface area contributed by atoms with Crippen LogP contribution in [-0.2, 0) is 31.8 Å². The van der Waals surface area contributed by atoms with E-state index in [0.29, 0.717) is 5.56 Å². The van der Waals surface area contributed by atoms with Crippen molar-refractivity contribution in [3.63, 3.8) is 0 Å². The van der Waals surface area contributed by atoms with E-state index in [0.717, 1.165) is 0 Å². The highest BCUT2D eigenvalue weighted by Crippen LogP contribution is 2.22. The zero-order chi connectivity index (χ0) is 20.8. The molecule has 158 valence electrons. The fourth-order valence-electron chi connectivity index (χ4n) is 2.56. The highest BCUT2D eigenvalue weighted by Gasteiger charge is 2.22. The van der Waals surface area contributed by atoms with Gasteiger partial charge in [-0.2, -0.15) is 0 Å². The van der Waals surface area contributed by atoms with Gasteiger partial charge in [-0.05, 0) is 30.0 Å². The van der Waals surface area contributed by atoms with Crippen molar-refractivity contribution in [1.82, 2.24) is 0 Å². The maximum absolute atomic E-state index is 11.8. The van der Waals surface area contributed by atoms with E-state index in [4.69, 9.17) is 29.2 Å². The quantitative estimate of drug-likeness (QED) is 0.222. The predicted octanol–water partition coefficient (Wildman–Crippen LogP) is 0.134. The third kappa shape index (κ3) is 8.30. The van der Waals surface area contributed by atoms with Crippen LogP contribution in [0.2, 0.25) is 0 Å². The molecule has 0 saturated carbocycles. The monoisotopic (exact) mass is 402 g/mol. The molecule has 10 heteroatoms. The molecule has 0 bridgehead atoms. The SMILES string of the molecule is O=C(O)c1ccc(CCOCCOCO)c(C(=O)O)c1CCOCCOCO. The number of hydrogen-bond donors (Lipinski definition) is 4. The summed E-state index contributed by atoms with van der Waals surface area (Å²) in [6.45, 7) is 0.312. The minimum absolute atomic E-state index is 0.0645. The van der Waals surface area contributed by atoms with Gasteiger partial charge in [0.1, 0.15) is 13.6 Å². The normalized spacial score (nSPS) is 10.9. The first kappa shape index (κ1) is 24.0. The number of aliphatic hydroxyl groups excluding tert-OH is 2. The lowest BCUT2D eigenvalue weighted by Gasteiger charge is -2.15. The molecule has 0 unspecified atom stereocenters. The highest BCUT2D eigenvalue weighted by atomic mass is 16.6. The van der Waals surface area contributed by atoms with E-state index in [1.807, 2.05) is 0 Å². The lowest BCUT2D eigenvalue weighted by atomic mass is 9.92. The topological polar surface area (TPSA) is 152 Å². The largest absolute Gasteiger partial charge is 0.478 e. The van der Waals surface area contributed by atoms with Gasteiger partial charge in [-0.15, -0.1) is 0 Å². The van der Waals surface area contributed by atoms with Crippen molar-refractivity contribution in [2.45, 2.75) is 12.8 Å². The number of aromatic carboxylic acids is 2. The summed E-state index contributed by atoms with van der Waals surface area (Å²) >= 11 is 0. The number of aliphatic hydroxyl groups is 2. The number of rotatable bonds is 16. The second-order valence-corrected chi connectivity index (χ2v) is 5.54. The smallest absolute Gasteiger partial charge is 0.336 e. The molecule has 0 aromatic heterocycles. The Balaban J connectivity index is 2.84. The van der Waals surface area contributed by atoms with Crippen LogP contribution in [0, 0.1) is 0 Å². The van der Waals surface area contributed by atoms with Crippen LogP contribution in [0.1, 0.15) is 31.8 Å². The van der Waals surface area contributed by atoms with E-state index in [9.17, 15) is 19.8 Å². The van der Waals surface area contributed by atoms with Crippen LogP contribution in [-0.4, -0.2) is 85.6 Å². The first-order valence-electron chi connectivity index (χ1n) is 8.67. The molecule has 10 nitrogen and oxygen atoms in total. The van der Waals surface area contributed by atoms with Gasteiger partial charge in [-0.3, -0.25) is 0 Å². The molecule has 1 rings (SSSR count). The van der Waals surface area contributed by atoms with Crippen molar-refractivity contribution in [3.8, 4) is 0 Å². The molecule has 0 saturated heterocycles. The summed E-state index contributed by atoms with van der Waals surface area (Å²) in [7, 11) is 0. The Hall–Kier alpha value is -2.08. The van der Waals surface area contributed by atoms with Gasteiger partial charge in [0, 0.05) is 0 Å². The van der Waals surface area contributed by atoms with E-state index >= 15 is 0 Å². The van der Waals surface area contributed by atoms with Gasteiger partial charge in [-0.1, -0.05) is 6.07 Å². The minimum Gasteiger partial charge on any atom is -0.478 e. The second kappa shape index (κ2) is 14.0. The Morgan fingerprint density at radius 2 is 1.25 bits per heavy atom. The van der Waals surface area contributed by atoms with Gasteiger partial charge < -0.3 is 39.4 Å². The first-order chi connectivity index (χ1) is 13.5. The van der Waals surface area contributed by atoms with E-state index < -0.39 is 25.5 Å². The standard InChI is InChI=1S/C18H26O10/c19-11-27-9-7-25-5-3-13-1-2-15(17(21)22)14(16(13)18(23)24)4-6-26-8-10-28-12-20/h1-2,19-20H,3-12H2,(H,21,22)(H,23,24). The zero-order valence-electron chi connectivity index (χ0n) is 15.5. The number of hydrogen-bond acceptors (Lipinski definition) is 8. The van der Waals surface area contributed by atoms with Crippen LogP contribution in [0.15, 0.2) is 12.1 Å². The Labute approximate surface area is 162 Å². The maximum atomic E-state index is 11.8. The molecule has 0 aliphatic rings. The van der Waals surface area contributed by atoms with Gasteiger partial charge in [0.05, 0.1) is 50.8 Å². The van der Waals surface area contributed by atoms with Gasteiger partial charge in [0.2, 0.25) is 0 Å². The number of ether oxygens (including phenoxy) is 4. The summed E-state index contributed by atoms with van der Waals surface area (Å²) in [5.41, 5.74) is 0.488. The summed E-state index contributed by atoms with van der Waals surface area (Å²) in [6.07, 6.45) is 0.375. The average Bonchev–Trinajstić information content (AvgIpc) is 2.66. The lowest BCUT2D eigenvalue weighted by molar-refractivity contribution is -0.0288. The fraction of sp³-hybridized carbons (Fsp3) is 0.556. The molecule has 0 radical (unpaired) electrons. The number of carbonyl (C=O) groups is 2. The van der Waals surface area contributed by atoms with Crippen LogP contribution < -0.4 is 0 Å². The summed E-state index contributed by atoms with van der Waals surface area (Å²) < 4.78 is 20.1. The predicted molar refractivity (Wildman–Crippen MR) is 95.5 cm³/mol. The Bertz CT molecular complexity index is 617. The molecule has 0 atom stereocenters. The Morgan fingerprint density at radius 1 is 0.714 bits per heavy atom. The van der Waals surface area contributed by atoms with Gasteiger partial charge in [-0.25, -0.2) is 9.59 Å². The van der Waals surface area contributed by atoms with Crippen LogP contribution >= 0.6 is 0 Å². The molecule has 0 spiro atoms. The number of benzene rings is 1. The van der Waals surface area contributed by atoms with Crippen LogP contribution in [0.4, 0.5) is 0 Å². The summed E-state index contributed by atoms with van der Waals surface area (Å²) in [6, 6.07) is 2.85. The van der Waals surface area contributed by atoms with E-state index in [1.165, 1.54) is 12.1 Å². The third-order valence-electron chi connectivity index (χ3n) is 3.78. The third-order valence-corrected chi connectivity index (χ3v) is 3.78. The molecule has 28 heavy (non-hydrogen) atoms. The molecule has 4 N–H and O–H groups in total. The van der Waals surface area contributed by atoms with Crippen LogP contribution in [0.3, 0.4) is 0 Å². The zero-order valence-corrected chi connectivity index (χ0v) is 15.5. The van der Waals surface area contributed by atoms with Crippen molar-refractivity contribution in [2.24, 2.45) is 0 Å². The molecular weight excluding hydrogens is 376 g/mol. The summed E-state index contributed by atoms with van der Waals surface area (Å²) in [5, 5.41) is 36.1. The molecule has 1 aromatic rings.